The molecule has 0 aliphatic rings. The molecular formula is C10H19NO4. The predicted molar refractivity (Wildman–Crippen MR) is 54.8 cm³/mol. The summed E-state index contributed by atoms with van der Waals surface area (Å²) in [7, 11) is 0. The van der Waals surface area contributed by atoms with Gasteiger partial charge in [-0.1, -0.05) is 20.8 Å². The van der Waals surface area contributed by atoms with Crippen molar-refractivity contribution in [2.24, 2.45) is 11.1 Å². The van der Waals surface area contributed by atoms with Crippen molar-refractivity contribution in [3.05, 3.63) is 0 Å². The van der Waals surface area contributed by atoms with Crippen LogP contribution in [-0.4, -0.2) is 24.3 Å². The van der Waals surface area contributed by atoms with Crippen LogP contribution in [0.15, 0.2) is 0 Å². The Bertz CT molecular complexity index is 244. The molecule has 0 heterocycles. The number of carbonyl (C=O) groups excluding carboxylic acids is 2. The largest absolute Gasteiger partial charge is 0.426 e. The highest BCUT2D eigenvalue weighted by Gasteiger charge is 2.30. The molecule has 0 radical (unpaired) electrons. The van der Waals surface area contributed by atoms with Gasteiger partial charge in [0.2, 0.25) is 6.29 Å². The Morgan fingerprint density at radius 1 is 1.20 bits per heavy atom. The van der Waals surface area contributed by atoms with Crippen molar-refractivity contribution in [2.45, 2.75) is 47.0 Å². The molecule has 0 aromatic carbocycles. The van der Waals surface area contributed by atoms with Crippen molar-refractivity contribution in [3.63, 3.8) is 0 Å². The zero-order chi connectivity index (χ0) is 12.2. The number of esters is 2. The highest BCUT2D eigenvalue weighted by atomic mass is 16.7. The van der Waals surface area contributed by atoms with E-state index in [2.05, 4.69) is 4.74 Å². The molecule has 0 spiro atoms. The molecule has 0 aliphatic carbocycles. The van der Waals surface area contributed by atoms with Gasteiger partial charge < -0.3 is 15.2 Å². The number of hydrogen-bond acceptors (Lipinski definition) is 5. The maximum Gasteiger partial charge on any atom is 0.326 e. The van der Waals surface area contributed by atoms with Gasteiger partial charge in [-0.3, -0.25) is 9.59 Å². The Hall–Kier alpha value is -1.10. The molecule has 0 aliphatic heterocycles. The Balaban J connectivity index is 4.19. The van der Waals surface area contributed by atoms with Crippen molar-refractivity contribution < 1.29 is 19.1 Å². The van der Waals surface area contributed by atoms with Crippen molar-refractivity contribution in [1.82, 2.24) is 0 Å². The Labute approximate surface area is 89.9 Å². The number of rotatable bonds is 3. The first kappa shape index (κ1) is 13.9. The van der Waals surface area contributed by atoms with Crippen LogP contribution < -0.4 is 5.73 Å². The Morgan fingerprint density at radius 3 is 2.00 bits per heavy atom. The molecule has 0 unspecified atom stereocenters. The average molecular weight is 217 g/mol. The van der Waals surface area contributed by atoms with E-state index in [1.807, 2.05) is 20.8 Å². The molecule has 2 N–H and O–H groups in total. The van der Waals surface area contributed by atoms with Gasteiger partial charge in [-0.15, -0.1) is 0 Å². The molecule has 2 atom stereocenters. The molecule has 5 nitrogen and oxygen atoms in total. The SMILES string of the molecule is CC(=O)O[C@@H](C)OC(=O)[C@@H](N)C(C)(C)C. The third-order valence-electron chi connectivity index (χ3n) is 1.80. The topological polar surface area (TPSA) is 78.6 Å². The minimum Gasteiger partial charge on any atom is -0.426 e. The summed E-state index contributed by atoms with van der Waals surface area (Å²) in [4.78, 5) is 22.0. The standard InChI is InChI=1S/C10H19NO4/c1-6(12)14-7(2)15-9(13)8(11)10(3,4)5/h7-8H,11H2,1-5H3/t7-,8-/m1/s1. The Morgan fingerprint density at radius 2 is 1.67 bits per heavy atom. The fourth-order valence-corrected chi connectivity index (χ4v) is 0.848. The quantitative estimate of drug-likeness (QED) is 0.559. The van der Waals surface area contributed by atoms with Gasteiger partial charge in [0.25, 0.3) is 0 Å². The van der Waals surface area contributed by atoms with E-state index in [-0.39, 0.29) is 5.41 Å². The summed E-state index contributed by atoms with van der Waals surface area (Å²) < 4.78 is 9.49. The average Bonchev–Trinajstić information content (AvgIpc) is 1.99. The molecule has 0 bridgehead atoms. The van der Waals surface area contributed by atoms with Gasteiger partial charge in [0.1, 0.15) is 6.04 Å². The lowest BCUT2D eigenvalue weighted by atomic mass is 9.87. The molecule has 0 amide bonds. The van der Waals surface area contributed by atoms with E-state index >= 15 is 0 Å². The molecule has 0 fully saturated rings. The van der Waals surface area contributed by atoms with Crippen LogP contribution in [0.4, 0.5) is 0 Å². The number of hydrogen-bond donors (Lipinski definition) is 1. The lowest BCUT2D eigenvalue weighted by molar-refractivity contribution is -0.185. The number of ether oxygens (including phenoxy) is 2. The van der Waals surface area contributed by atoms with Crippen LogP contribution in [0.1, 0.15) is 34.6 Å². The molecule has 0 saturated heterocycles. The first-order valence-electron chi connectivity index (χ1n) is 4.78. The highest BCUT2D eigenvalue weighted by molar-refractivity contribution is 5.76. The van der Waals surface area contributed by atoms with E-state index in [4.69, 9.17) is 10.5 Å². The predicted octanol–water partition coefficient (Wildman–Crippen LogP) is 0.812. The van der Waals surface area contributed by atoms with Crippen LogP contribution in [0, 0.1) is 5.41 Å². The summed E-state index contributed by atoms with van der Waals surface area (Å²) in [6.07, 6.45) is -0.900. The number of nitrogens with two attached hydrogens (primary N) is 1. The summed E-state index contributed by atoms with van der Waals surface area (Å²) in [5, 5.41) is 0. The van der Waals surface area contributed by atoms with Gasteiger partial charge in [0.15, 0.2) is 0 Å². The van der Waals surface area contributed by atoms with E-state index in [1.54, 1.807) is 0 Å². The second kappa shape index (κ2) is 5.11. The van der Waals surface area contributed by atoms with Gasteiger partial charge in [0, 0.05) is 13.8 Å². The van der Waals surface area contributed by atoms with Crippen molar-refractivity contribution in [2.75, 3.05) is 0 Å². The van der Waals surface area contributed by atoms with Crippen LogP contribution in [-0.2, 0) is 19.1 Å². The maximum atomic E-state index is 11.4. The third kappa shape index (κ3) is 5.37. The zero-order valence-corrected chi connectivity index (χ0v) is 9.87. The van der Waals surface area contributed by atoms with E-state index in [0.717, 1.165) is 0 Å². The molecule has 0 aromatic heterocycles. The lowest BCUT2D eigenvalue weighted by Crippen LogP contribution is -2.44. The smallest absolute Gasteiger partial charge is 0.326 e. The van der Waals surface area contributed by atoms with Gasteiger partial charge in [0.05, 0.1) is 0 Å². The van der Waals surface area contributed by atoms with Crippen molar-refractivity contribution >= 4 is 11.9 Å². The third-order valence-corrected chi connectivity index (χ3v) is 1.80. The maximum absolute atomic E-state index is 11.4. The fourth-order valence-electron chi connectivity index (χ4n) is 0.848. The molecule has 0 aromatic rings. The van der Waals surface area contributed by atoms with E-state index < -0.39 is 24.3 Å². The normalized spacial score (nSPS) is 15.3. The lowest BCUT2D eigenvalue weighted by Gasteiger charge is -2.26. The number of carbonyl (C=O) groups is 2. The summed E-state index contributed by atoms with van der Waals surface area (Å²) in [6.45, 7) is 8.20. The zero-order valence-electron chi connectivity index (χ0n) is 9.87. The first-order valence-corrected chi connectivity index (χ1v) is 4.78. The summed E-state index contributed by atoms with van der Waals surface area (Å²) in [6, 6.07) is -0.740. The van der Waals surface area contributed by atoms with Gasteiger partial charge in [-0.25, -0.2) is 0 Å². The van der Waals surface area contributed by atoms with Crippen molar-refractivity contribution in [3.8, 4) is 0 Å². The molecule has 88 valence electrons. The summed E-state index contributed by atoms with van der Waals surface area (Å²) >= 11 is 0. The van der Waals surface area contributed by atoms with E-state index in [0.29, 0.717) is 0 Å². The first-order chi connectivity index (χ1) is 6.64. The van der Waals surface area contributed by atoms with Crippen LogP contribution in [0.25, 0.3) is 0 Å². The monoisotopic (exact) mass is 217 g/mol. The van der Waals surface area contributed by atoms with Crippen LogP contribution in [0.2, 0.25) is 0 Å². The minimum absolute atomic E-state index is 0.382. The van der Waals surface area contributed by atoms with E-state index in [1.165, 1.54) is 13.8 Å². The van der Waals surface area contributed by atoms with Gasteiger partial charge >= 0.3 is 11.9 Å². The van der Waals surface area contributed by atoms with Crippen LogP contribution in [0.3, 0.4) is 0 Å². The van der Waals surface area contributed by atoms with Gasteiger partial charge in [-0.05, 0) is 5.41 Å². The van der Waals surface area contributed by atoms with Crippen LogP contribution >= 0.6 is 0 Å². The second-order valence-electron chi connectivity index (χ2n) is 4.46. The highest BCUT2D eigenvalue weighted by Crippen LogP contribution is 2.18. The fraction of sp³-hybridized carbons (Fsp3) is 0.800. The van der Waals surface area contributed by atoms with E-state index in [9.17, 15) is 9.59 Å². The summed E-state index contributed by atoms with van der Waals surface area (Å²) in [5.41, 5.74) is 5.28. The molecule has 0 saturated carbocycles. The minimum atomic E-state index is -0.900. The van der Waals surface area contributed by atoms with Crippen molar-refractivity contribution in [1.29, 1.82) is 0 Å². The van der Waals surface area contributed by atoms with Gasteiger partial charge in [-0.2, -0.15) is 0 Å². The molecule has 15 heavy (non-hydrogen) atoms. The Kier molecular flexibility index (Phi) is 4.74. The second-order valence-corrected chi connectivity index (χ2v) is 4.46. The molecular weight excluding hydrogens is 198 g/mol. The summed E-state index contributed by atoms with van der Waals surface area (Å²) in [5.74, 6) is -1.07. The molecule has 0 rings (SSSR count). The van der Waals surface area contributed by atoms with Crippen LogP contribution in [0.5, 0.6) is 0 Å². The molecule has 5 heteroatoms.